The number of nitrogens with zero attached hydrogens (tertiary/aromatic N) is 5. The molecule has 1 aliphatic carbocycles. The Bertz CT molecular complexity index is 905. The molecule has 4 rings (SSSR count). The number of hydrogen-bond donors (Lipinski definition) is 1. The van der Waals surface area contributed by atoms with E-state index in [9.17, 15) is 0 Å². The number of hydrogen-bond acceptors (Lipinski definition) is 3. The summed E-state index contributed by atoms with van der Waals surface area (Å²) >= 11 is 0. The van der Waals surface area contributed by atoms with Crippen LogP contribution < -0.4 is 5.32 Å². The van der Waals surface area contributed by atoms with Crippen LogP contribution in [0.5, 0.6) is 0 Å². The van der Waals surface area contributed by atoms with Gasteiger partial charge < -0.3 is 14.8 Å². The summed E-state index contributed by atoms with van der Waals surface area (Å²) in [7, 11) is 1.99. The predicted molar refractivity (Wildman–Crippen MR) is 132 cm³/mol. The van der Waals surface area contributed by atoms with Gasteiger partial charge in [0.05, 0.1) is 0 Å². The molecule has 7 heteroatoms. The van der Waals surface area contributed by atoms with Crippen molar-refractivity contribution in [3.63, 3.8) is 0 Å². The number of halogens is 1. The zero-order valence-electron chi connectivity index (χ0n) is 18.1. The number of piperidine rings is 1. The molecule has 162 valence electrons. The van der Waals surface area contributed by atoms with Crippen LogP contribution in [0.25, 0.3) is 0 Å². The number of aryl methyl sites for hydroxylation is 2. The van der Waals surface area contributed by atoms with E-state index in [0.29, 0.717) is 13.1 Å². The van der Waals surface area contributed by atoms with Gasteiger partial charge in [-0.15, -0.1) is 40.8 Å². The molecule has 1 aliphatic heterocycles. The first kappa shape index (κ1) is 22.8. The zero-order valence-corrected chi connectivity index (χ0v) is 20.4. The van der Waals surface area contributed by atoms with Gasteiger partial charge in [-0.25, -0.2) is 4.99 Å². The average molecular weight is 520 g/mol. The standard InChI is InChI=1S/C23H32N6.HI/c1-4-14-24-22(25-16-21-27-26-18(2)28(21)3)29-15-8-13-23(17-29)12-7-10-19-9-5-6-11-20(19)23;/h4-6,9,11H,1,7-8,10,12-17H2,2-3H3,(H,24,25);1H. The number of aromatic nitrogens is 3. The number of aliphatic imine (C=N–C) groups is 1. The Morgan fingerprint density at radius 2 is 2.07 bits per heavy atom. The highest BCUT2D eigenvalue weighted by Crippen LogP contribution is 2.43. The number of guanidine groups is 1. The van der Waals surface area contributed by atoms with E-state index in [4.69, 9.17) is 4.99 Å². The van der Waals surface area contributed by atoms with Gasteiger partial charge in [-0.1, -0.05) is 30.3 Å². The Balaban J connectivity index is 0.00000256. The lowest BCUT2D eigenvalue weighted by atomic mass is 9.66. The highest BCUT2D eigenvalue weighted by atomic mass is 127. The first-order valence-electron chi connectivity index (χ1n) is 10.7. The molecule has 2 aromatic rings. The van der Waals surface area contributed by atoms with Gasteiger partial charge in [0.1, 0.15) is 12.4 Å². The number of rotatable bonds is 4. The summed E-state index contributed by atoms with van der Waals surface area (Å²) in [6.45, 7) is 9.11. The van der Waals surface area contributed by atoms with Gasteiger partial charge in [0.2, 0.25) is 0 Å². The van der Waals surface area contributed by atoms with Crippen molar-refractivity contribution in [3.8, 4) is 0 Å². The maximum atomic E-state index is 4.92. The Morgan fingerprint density at radius 3 is 2.83 bits per heavy atom. The fourth-order valence-electron chi connectivity index (χ4n) is 4.91. The maximum absolute atomic E-state index is 4.92. The molecule has 2 aliphatic rings. The second kappa shape index (κ2) is 9.94. The summed E-state index contributed by atoms with van der Waals surface area (Å²) < 4.78 is 2.00. The number of nitrogens with one attached hydrogen (secondary N) is 1. The molecule has 0 radical (unpaired) electrons. The first-order chi connectivity index (χ1) is 14.1. The number of likely N-dealkylation sites (tertiary alicyclic amines) is 1. The minimum absolute atomic E-state index is 0. The summed E-state index contributed by atoms with van der Waals surface area (Å²) in [6.07, 6.45) is 8.08. The lowest BCUT2D eigenvalue weighted by Gasteiger charge is -2.47. The van der Waals surface area contributed by atoms with E-state index in [1.807, 2.05) is 24.6 Å². The molecule has 0 bridgehead atoms. The lowest BCUT2D eigenvalue weighted by molar-refractivity contribution is 0.188. The first-order valence-corrected chi connectivity index (χ1v) is 10.7. The number of fused-ring (bicyclic) bond motifs is 2. The molecule has 0 amide bonds. The molecule has 1 atom stereocenters. The molecule has 0 saturated carbocycles. The molecule has 1 aromatic heterocycles. The molecular formula is C23H33IN6. The van der Waals surface area contributed by atoms with Crippen molar-refractivity contribution < 1.29 is 0 Å². The van der Waals surface area contributed by atoms with Gasteiger partial charge in [-0.2, -0.15) is 0 Å². The molecule has 1 N–H and O–H groups in total. The van der Waals surface area contributed by atoms with Gasteiger partial charge in [0, 0.05) is 32.1 Å². The van der Waals surface area contributed by atoms with Gasteiger partial charge in [0.25, 0.3) is 0 Å². The molecule has 30 heavy (non-hydrogen) atoms. The summed E-state index contributed by atoms with van der Waals surface area (Å²) in [5.74, 6) is 2.74. The molecule has 1 aromatic carbocycles. The Morgan fingerprint density at radius 1 is 1.27 bits per heavy atom. The third kappa shape index (κ3) is 4.55. The van der Waals surface area contributed by atoms with E-state index < -0.39 is 0 Å². The normalized spacial score (nSPS) is 21.1. The van der Waals surface area contributed by atoms with Crippen molar-refractivity contribution in [1.82, 2.24) is 25.0 Å². The topological polar surface area (TPSA) is 58.3 Å². The van der Waals surface area contributed by atoms with Crippen LogP contribution in [0.4, 0.5) is 0 Å². The van der Waals surface area contributed by atoms with Crippen LogP contribution >= 0.6 is 24.0 Å². The van der Waals surface area contributed by atoms with E-state index in [1.165, 1.54) is 37.7 Å². The summed E-state index contributed by atoms with van der Waals surface area (Å²) in [5.41, 5.74) is 3.33. The quantitative estimate of drug-likeness (QED) is 0.289. The van der Waals surface area contributed by atoms with Crippen LogP contribution in [0.3, 0.4) is 0 Å². The van der Waals surface area contributed by atoms with Crippen LogP contribution in [0.2, 0.25) is 0 Å². The summed E-state index contributed by atoms with van der Waals surface area (Å²) in [4.78, 5) is 7.37. The molecular weight excluding hydrogens is 487 g/mol. The highest BCUT2D eigenvalue weighted by molar-refractivity contribution is 14.0. The molecule has 2 heterocycles. The number of benzene rings is 1. The lowest BCUT2D eigenvalue weighted by Crippen LogP contribution is -2.53. The van der Waals surface area contributed by atoms with Crippen molar-refractivity contribution in [2.75, 3.05) is 19.6 Å². The Labute approximate surface area is 196 Å². The van der Waals surface area contributed by atoms with E-state index >= 15 is 0 Å². The molecule has 1 fully saturated rings. The van der Waals surface area contributed by atoms with Crippen LogP contribution in [0.1, 0.15) is 48.5 Å². The van der Waals surface area contributed by atoms with E-state index in [2.05, 4.69) is 51.3 Å². The minimum atomic E-state index is 0. The highest BCUT2D eigenvalue weighted by Gasteiger charge is 2.40. The zero-order chi connectivity index (χ0) is 20.3. The maximum Gasteiger partial charge on any atom is 0.194 e. The fourth-order valence-corrected chi connectivity index (χ4v) is 4.91. The molecule has 1 unspecified atom stereocenters. The minimum Gasteiger partial charge on any atom is -0.353 e. The molecule has 1 spiro atoms. The van der Waals surface area contributed by atoms with Crippen LogP contribution in [-0.4, -0.2) is 45.3 Å². The van der Waals surface area contributed by atoms with Crippen molar-refractivity contribution in [3.05, 3.63) is 59.7 Å². The second-order valence-corrected chi connectivity index (χ2v) is 8.35. The van der Waals surface area contributed by atoms with E-state index in [0.717, 1.165) is 30.7 Å². The van der Waals surface area contributed by atoms with Crippen molar-refractivity contribution in [2.45, 2.75) is 51.0 Å². The van der Waals surface area contributed by atoms with Gasteiger partial charge in [0.15, 0.2) is 11.8 Å². The third-order valence-electron chi connectivity index (χ3n) is 6.52. The smallest absolute Gasteiger partial charge is 0.194 e. The van der Waals surface area contributed by atoms with Gasteiger partial charge >= 0.3 is 0 Å². The van der Waals surface area contributed by atoms with E-state index in [1.54, 1.807) is 5.56 Å². The monoisotopic (exact) mass is 520 g/mol. The summed E-state index contributed by atoms with van der Waals surface area (Å²) in [6, 6.07) is 9.05. The molecule has 1 saturated heterocycles. The predicted octanol–water partition coefficient (Wildman–Crippen LogP) is 3.74. The second-order valence-electron chi connectivity index (χ2n) is 8.35. The van der Waals surface area contributed by atoms with Crippen molar-refractivity contribution >= 4 is 29.9 Å². The molecule has 6 nitrogen and oxygen atoms in total. The largest absolute Gasteiger partial charge is 0.353 e. The van der Waals surface area contributed by atoms with Crippen molar-refractivity contribution in [2.24, 2.45) is 12.0 Å². The van der Waals surface area contributed by atoms with Crippen molar-refractivity contribution in [1.29, 1.82) is 0 Å². The fraction of sp³-hybridized carbons (Fsp3) is 0.522. The Hall–Kier alpha value is -1.90. The SMILES string of the molecule is C=CCNC(=NCc1nnc(C)n1C)N1CCCC2(CCCc3ccccc32)C1.I. The van der Waals surface area contributed by atoms with E-state index in [-0.39, 0.29) is 29.4 Å². The van der Waals surface area contributed by atoms with Gasteiger partial charge in [-0.05, 0) is 50.2 Å². The summed E-state index contributed by atoms with van der Waals surface area (Å²) in [5, 5.41) is 11.9. The Kier molecular flexibility index (Phi) is 7.55. The third-order valence-corrected chi connectivity index (χ3v) is 6.52. The average Bonchev–Trinajstić information content (AvgIpc) is 3.06. The van der Waals surface area contributed by atoms with Crippen LogP contribution in [0, 0.1) is 6.92 Å². The van der Waals surface area contributed by atoms with Crippen LogP contribution in [0.15, 0.2) is 41.9 Å². The van der Waals surface area contributed by atoms with Crippen LogP contribution in [-0.2, 0) is 25.4 Å². The van der Waals surface area contributed by atoms with Gasteiger partial charge in [-0.3, -0.25) is 0 Å².